The van der Waals surface area contributed by atoms with Crippen LogP contribution in [0, 0.1) is 5.92 Å². The second-order valence-corrected chi connectivity index (χ2v) is 3.61. The Balaban J connectivity index is 2.13. The van der Waals surface area contributed by atoms with E-state index in [-0.39, 0.29) is 5.91 Å². The van der Waals surface area contributed by atoms with E-state index >= 15 is 0 Å². The number of amides is 1. The highest BCUT2D eigenvalue weighted by atomic mass is 16.3. The summed E-state index contributed by atoms with van der Waals surface area (Å²) in [5.74, 6) is 0.308. The van der Waals surface area contributed by atoms with E-state index in [0.717, 1.165) is 25.9 Å². The molecule has 1 rings (SSSR count). The lowest BCUT2D eigenvalue weighted by Crippen LogP contribution is -2.39. The quantitative estimate of drug-likeness (QED) is 0.556. The molecule has 1 saturated heterocycles. The number of hydrogen-bond acceptors (Lipinski definition) is 3. The Morgan fingerprint density at radius 3 is 2.77 bits per heavy atom. The molecular formula is C9H18N2O2. The first-order chi connectivity index (χ1) is 6.20. The zero-order chi connectivity index (χ0) is 9.68. The molecule has 0 aromatic heterocycles. The van der Waals surface area contributed by atoms with Crippen molar-refractivity contribution >= 4 is 5.91 Å². The molecule has 0 aromatic carbocycles. The molecule has 1 aliphatic rings. The van der Waals surface area contributed by atoms with E-state index in [1.54, 1.807) is 0 Å². The molecule has 0 bridgehead atoms. The Morgan fingerprint density at radius 2 is 2.23 bits per heavy atom. The third-order valence-corrected chi connectivity index (χ3v) is 2.40. The van der Waals surface area contributed by atoms with Crippen molar-refractivity contribution in [3.63, 3.8) is 0 Å². The summed E-state index contributed by atoms with van der Waals surface area (Å²) in [6.07, 6.45) is 1.34. The first-order valence-electron chi connectivity index (χ1n) is 4.86. The second-order valence-electron chi connectivity index (χ2n) is 3.61. The van der Waals surface area contributed by atoms with E-state index in [4.69, 9.17) is 5.11 Å². The highest BCUT2D eigenvalue weighted by Crippen LogP contribution is 2.09. The van der Waals surface area contributed by atoms with Gasteiger partial charge >= 0.3 is 0 Å². The van der Waals surface area contributed by atoms with Crippen LogP contribution in [0.4, 0.5) is 0 Å². The monoisotopic (exact) mass is 186 g/mol. The molecule has 13 heavy (non-hydrogen) atoms. The molecule has 1 amide bonds. The summed E-state index contributed by atoms with van der Waals surface area (Å²) in [5.41, 5.74) is 0. The zero-order valence-corrected chi connectivity index (χ0v) is 8.05. The number of hydrogen-bond donors (Lipinski definition) is 3. The van der Waals surface area contributed by atoms with Crippen LogP contribution in [-0.4, -0.2) is 36.8 Å². The maximum atomic E-state index is 11.0. The van der Waals surface area contributed by atoms with Crippen molar-refractivity contribution in [2.75, 3.05) is 19.6 Å². The van der Waals surface area contributed by atoms with E-state index in [9.17, 15) is 4.79 Å². The second kappa shape index (κ2) is 5.19. The SMILES string of the molecule is C[C@@H](O)C(=O)NCC1CCNCC1. The van der Waals surface area contributed by atoms with Gasteiger partial charge in [0.25, 0.3) is 0 Å². The van der Waals surface area contributed by atoms with E-state index in [1.165, 1.54) is 6.92 Å². The number of carbonyl (C=O) groups excluding carboxylic acids is 1. The predicted molar refractivity (Wildman–Crippen MR) is 50.3 cm³/mol. The minimum atomic E-state index is -0.887. The van der Waals surface area contributed by atoms with Crippen molar-refractivity contribution in [2.45, 2.75) is 25.9 Å². The van der Waals surface area contributed by atoms with Crippen LogP contribution in [0.2, 0.25) is 0 Å². The number of carbonyl (C=O) groups is 1. The van der Waals surface area contributed by atoms with Crippen LogP contribution in [0.1, 0.15) is 19.8 Å². The number of aliphatic hydroxyl groups is 1. The first-order valence-corrected chi connectivity index (χ1v) is 4.86. The van der Waals surface area contributed by atoms with Gasteiger partial charge in [0.05, 0.1) is 0 Å². The predicted octanol–water partition coefficient (Wildman–Crippen LogP) is -0.517. The summed E-state index contributed by atoms with van der Waals surface area (Å²) < 4.78 is 0. The summed E-state index contributed by atoms with van der Waals surface area (Å²) >= 11 is 0. The lowest BCUT2D eigenvalue weighted by atomic mass is 9.98. The molecule has 76 valence electrons. The molecule has 0 spiro atoms. The Kier molecular flexibility index (Phi) is 4.18. The van der Waals surface area contributed by atoms with E-state index in [0.29, 0.717) is 12.5 Å². The van der Waals surface area contributed by atoms with Crippen molar-refractivity contribution in [3.8, 4) is 0 Å². The molecular weight excluding hydrogens is 168 g/mol. The molecule has 0 saturated carbocycles. The van der Waals surface area contributed by atoms with Crippen LogP contribution in [-0.2, 0) is 4.79 Å². The lowest BCUT2D eigenvalue weighted by molar-refractivity contribution is -0.128. The van der Waals surface area contributed by atoms with Gasteiger partial charge in [0.15, 0.2) is 0 Å². The molecule has 0 unspecified atom stereocenters. The van der Waals surface area contributed by atoms with Crippen molar-refractivity contribution < 1.29 is 9.90 Å². The molecule has 4 nitrogen and oxygen atoms in total. The molecule has 1 heterocycles. The fourth-order valence-electron chi connectivity index (χ4n) is 1.48. The van der Waals surface area contributed by atoms with Gasteiger partial charge in [-0.05, 0) is 38.8 Å². The Bertz CT molecular complexity index is 165. The highest BCUT2D eigenvalue weighted by molar-refractivity contribution is 5.79. The largest absolute Gasteiger partial charge is 0.384 e. The van der Waals surface area contributed by atoms with Gasteiger partial charge in [-0.15, -0.1) is 0 Å². The third-order valence-electron chi connectivity index (χ3n) is 2.40. The molecule has 1 aliphatic heterocycles. The zero-order valence-electron chi connectivity index (χ0n) is 8.05. The number of rotatable bonds is 3. The molecule has 3 N–H and O–H groups in total. The maximum Gasteiger partial charge on any atom is 0.248 e. The van der Waals surface area contributed by atoms with E-state index in [2.05, 4.69) is 10.6 Å². The molecule has 0 radical (unpaired) electrons. The van der Waals surface area contributed by atoms with Crippen LogP contribution in [0.3, 0.4) is 0 Å². The minimum absolute atomic E-state index is 0.265. The van der Waals surface area contributed by atoms with Gasteiger partial charge in [-0.2, -0.15) is 0 Å². The van der Waals surface area contributed by atoms with Crippen LogP contribution in [0.5, 0.6) is 0 Å². The summed E-state index contributed by atoms with van der Waals surface area (Å²) in [6.45, 7) is 4.26. The van der Waals surface area contributed by atoms with Crippen molar-refractivity contribution in [3.05, 3.63) is 0 Å². The lowest BCUT2D eigenvalue weighted by Gasteiger charge is -2.22. The summed E-state index contributed by atoms with van der Waals surface area (Å²) in [4.78, 5) is 11.0. The molecule has 4 heteroatoms. The van der Waals surface area contributed by atoms with Crippen LogP contribution >= 0.6 is 0 Å². The number of nitrogens with one attached hydrogen (secondary N) is 2. The van der Waals surface area contributed by atoms with Gasteiger partial charge in [0.2, 0.25) is 5.91 Å². The van der Waals surface area contributed by atoms with Gasteiger partial charge in [0, 0.05) is 6.54 Å². The fraction of sp³-hybridized carbons (Fsp3) is 0.889. The Hall–Kier alpha value is -0.610. The maximum absolute atomic E-state index is 11.0. The van der Waals surface area contributed by atoms with E-state index in [1.807, 2.05) is 0 Å². The van der Waals surface area contributed by atoms with Crippen LogP contribution in [0.25, 0.3) is 0 Å². The number of piperidine rings is 1. The van der Waals surface area contributed by atoms with Gasteiger partial charge in [0.1, 0.15) is 6.10 Å². The third kappa shape index (κ3) is 3.74. The van der Waals surface area contributed by atoms with Gasteiger partial charge in [-0.1, -0.05) is 0 Å². The first kappa shape index (κ1) is 10.5. The molecule has 0 aliphatic carbocycles. The summed E-state index contributed by atoms with van der Waals surface area (Å²) in [6, 6.07) is 0. The van der Waals surface area contributed by atoms with Crippen molar-refractivity contribution in [1.82, 2.24) is 10.6 Å². The molecule has 0 aromatic rings. The van der Waals surface area contributed by atoms with Gasteiger partial charge in [-0.3, -0.25) is 4.79 Å². The molecule has 1 fully saturated rings. The minimum Gasteiger partial charge on any atom is -0.384 e. The summed E-state index contributed by atoms with van der Waals surface area (Å²) in [7, 11) is 0. The molecule has 1 atom stereocenters. The fourth-order valence-corrected chi connectivity index (χ4v) is 1.48. The van der Waals surface area contributed by atoms with Crippen LogP contribution in [0.15, 0.2) is 0 Å². The van der Waals surface area contributed by atoms with Gasteiger partial charge in [-0.25, -0.2) is 0 Å². The average Bonchev–Trinajstić information content (AvgIpc) is 2.15. The van der Waals surface area contributed by atoms with Crippen LogP contribution < -0.4 is 10.6 Å². The highest BCUT2D eigenvalue weighted by Gasteiger charge is 2.15. The van der Waals surface area contributed by atoms with Gasteiger partial charge < -0.3 is 15.7 Å². The Labute approximate surface area is 78.7 Å². The normalized spacial score (nSPS) is 21.1. The Morgan fingerprint density at radius 1 is 1.62 bits per heavy atom. The summed E-state index contributed by atoms with van der Waals surface area (Å²) in [5, 5.41) is 14.9. The average molecular weight is 186 g/mol. The standard InChI is InChI=1S/C9H18N2O2/c1-7(12)9(13)11-6-8-2-4-10-5-3-8/h7-8,10,12H,2-6H2,1H3,(H,11,13)/t7-/m1/s1. The number of aliphatic hydroxyl groups excluding tert-OH is 1. The van der Waals surface area contributed by atoms with E-state index < -0.39 is 6.10 Å². The smallest absolute Gasteiger partial charge is 0.248 e. The van der Waals surface area contributed by atoms with Crippen molar-refractivity contribution in [2.24, 2.45) is 5.92 Å². The van der Waals surface area contributed by atoms with Crippen molar-refractivity contribution in [1.29, 1.82) is 0 Å². The topological polar surface area (TPSA) is 61.4 Å².